The van der Waals surface area contributed by atoms with Crippen molar-refractivity contribution in [3.05, 3.63) is 16.7 Å². The number of rotatable bonds is 13. The normalized spacial score (nSPS) is 13.4. The van der Waals surface area contributed by atoms with Crippen molar-refractivity contribution in [1.82, 2.24) is 19.5 Å². The Bertz CT molecular complexity index is 995. The molecule has 0 aromatic carbocycles. The van der Waals surface area contributed by atoms with Gasteiger partial charge in [-0.25, -0.2) is 4.98 Å². The van der Waals surface area contributed by atoms with Gasteiger partial charge in [0, 0.05) is 13.5 Å². The van der Waals surface area contributed by atoms with Crippen molar-refractivity contribution in [3.8, 4) is 0 Å². The molecule has 12 nitrogen and oxygen atoms in total. The van der Waals surface area contributed by atoms with Crippen LogP contribution in [0.3, 0.4) is 0 Å². The third-order valence-corrected chi connectivity index (χ3v) is 6.80. The Balaban J connectivity index is 1.90. The monoisotopic (exact) mass is 479 g/mol. The molecule has 15 heteroatoms. The van der Waals surface area contributed by atoms with Gasteiger partial charge in [-0.3, -0.25) is 33.0 Å². The molecule has 0 bridgehead atoms. The predicted molar refractivity (Wildman–Crippen MR) is 114 cm³/mol. The number of Topliss-reactive ketones (excluding diaryl/α,β-unsaturated/α-hetero) is 1. The molecular weight excluding hydrogens is 457 g/mol. The van der Waals surface area contributed by atoms with Gasteiger partial charge < -0.3 is 15.0 Å². The van der Waals surface area contributed by atoms with Gasteiger partial charge in [0.05, 0.1) is 18.7 Å². The predicted octanol–water partition coefficient (Wildman–Crippen LogP) is 1.42. The maximum absolute atomic E-state index is 12.8. The van der Waals surface area contributed by atoms with E-state index in [1.54, 1.807) is 4.57 Å². The average molecular weight is 479 g/mol. The lowest BCUT2D eigenvalue weighted by atomic mass is 10.5. The third kappa shape index (κ3) is 7.85. The number of hydrogen-bond acceptors (Lipinski definition) is 12. The number of nitrogens with zero attached hydrogens (tertiary/aromatic N) is 3. The number of fused-ring (bicyclic) bond motifs is 1. The summed E-state index contributed by atoms with van der Waals surface area (Å²) in [5.74, 6) is -0.0310. The minimum Gasteiger partial charge on any atom is -0.369 e. The van der Waals surface area contributed by atoms with Gasteiger partial charge in [-0.1, -0.05) is 11.8 Å². The van der Waals surface area contributed by atoms with Gasteiger partial charge in [-0.05, 0) is 6.92 Å². The van der Waals surface area contributed by atoms with Crippen molar-refractivity contribution in [1.29, 1.82) is 0 Å². The van der Waals surface area contributed by atoms with E-state index in [0.717, 1.165) is 23.5 Å². The van der Waals surface area contributed by atoms with Gasteiger partial charge in [0.1, 0.15) is 24.0 Å². The van der Waals surface area contributed by atoms with Crippen molar-refractivity contribution >= 4 is 59.1 Å². The molecule has 2 heterocycles. The molecule has 0 radical (unpaired) electrons. The summed E-state index contributed by atoms with van der Waals surface area (Å²) in [7, 11) is -3.65. The number of carbonyl (C=O) groups excluding carboxylic acids is 2. The number of nitrogens with two attached hydrogens (primary N) is 1. The van der Waals surface area contributed by atoms with Gasteiger partial charge in [0.25, 0.3) is 5.56 Å². The summed E-state index contributed by atoms with van der Waals surface area (Å²) in [5, 5.41) is -0.192. The number of H-pyrrole nitrogens is 1. The third-order valence-electron chi connectivity index (χ3n) is 3.37. The second-order valence-electron chi connectivity index (χ2n) is 5.89. The SMILES string of the molecule is CC(=O)CSCOP(=O)(COCCn1cnc2c(=O)[nH]c(N)nc21)OCSC(C)=O. The number of aromatic amines is 1. The quantitative estimate of drug-likeness (QED) is 0.241. The van der Waals surface area contributed by atoms with E-state index in [2.05, 4.69) is 15.0 Å². The fourth-order valence-corrected chi connectivity index (χ4v) is 4.98. The summed E-state index contributed by atoms with van der Waals surface area (Å²) in [6, 6.07) is 0. The van der Waals surface area contributed by atoms with Crippen LogP contribution in [0.25, 0.3) is 11.2 Å². The maximum Gasteiger partial charge on any atom is 0.357 e. The Morgan fingerprint density at radius 2 is 2.03 bits per heavy atom. The standard InChI is InChI=1S/C15H22N5O7PS2/c1-10(21)5-29-8-26-28(24,27-9-30-11(2)22)7-25-4-3-20-6-17-12-13(20)18-15(16)19-14(12)23/h6H,3-5,7-9H2,1-2H3,(H3,16,18,19,23). The van der Waals surface area contributed by atoms with Gasteiger partial charge in [-0.2, -0.15) is 4.98 Å². The van der Waals surface area contributed by atoms with E-state index in [-0.39, 0.29) is 59.5 Å². The van der Waals surface area contributed by atoms with Crippen LogP contribution in [0.4, 0.5) is 5.95 Å². The summed E-state index contributed by atoms with van der Waals surface area (Å²) in [6.07, 6.45) is 1.07. The number of carbonyl (C=O) groups is 2. The molecular formula is C15H22N5O7PS2. The zero-order chi connectivity index (χ0) is 22.1. The largest absolute Gasteiger partial charge is 0.369 e. The molecule has 1 atom stereocenters. The smallest absolute Gasteiger partial charge is 0.357 e. The Labute approximate surface area is 180 Å². The first kappa shape index (κ1) is 24.6. The summed E-state index contributed by atoms with van der Waals surface area (Å²) in [4.78, 5) is 44.2. The van der Waals surface area contributed by atoms with Crippen molar-refractivity contribution in [2.75, 3.05) is 36.3 Å². The van der Waals surface area contributed by atoms with E-state index in [4.69, 9.17) is 19.5 Å². The van der Waals surface area contributed by atoms with Gasteiger partial charge in [-0.15, -0.1) is 11.8 Å². The number of imidazole rings is 1. The Morgan fingerprint density at radius 1 is 1.30 bits per heavy atom. The second kappa shape index (κ2) is 11.6. The first-order valence-corrected chi connectivity index (χ1v) is 12.4. The summed E-state index contributed by atoms with van der Waals surface area (Å²) in [6.45, 7) is 3.15. The van der Waals surface area contributed by atoms with E-state index in [1.807, 2.05) is 0 Å². The number of aromatic nitrogens is 4. The number of nitrogens with one attached hydrogen (secondary N) is 1. The van der Waals surface area contributed by atoms with E-state index in [0.29, 0.717) is 5.65 Å². The van der Waals surface area contributed by atoms with Crippen LogP contribution in [0.5, 0.6) is 0 Å². The Hall–Kier alpha value is -1.70. The fourth-order valence-electron chi connectivity index (χ4n) is 2.08. The molecule has 0 saturated carbocycles. The molecule has 0 aliphatic rings. The number of nitrogen functional groups attached to an aromatic ring is 1. The van der Waals surface area contributed by atoms with Crippen LogP contribution in [0.1, 0.15) is 13.8 Å². The highest BCUT2D eigenvalue weighted by molar-refractivity contribution is 8.13. The van der Waals surface area contributed by atoms with Crippen molar-refractivity contribution < 1.29 is 27.9 Å². The summed E-state index contributed by atoms with van der Waals surface area (Å²) in [5.41, 5.74) is 5.55. The van der Waals surface area contributed by atoms with E-state index >= 15 is 0 Å². The first-order chi connectivity index (χ1) is 14.2. The topological polar surface area (TPSA) is 168 Å². The molecule has 0 aliphatic carbocycles. The van der Waals surface area contributed by atoms with Crippen molar-refractivity contribution in [3.63, 3.8) is 0 Å². The Morgan fingerprint density at radius 3 is 2.73 bits per heavy atom. The fraction of sp³-hybridized carbons (Fsp3) is 0.533. The van der Waals surface area contributed by atoms with Gasteiger partial charge in [0.15, 0.2) is 16.3 Å². The van der Waals surface area contributed by atoms with E-state index in [9.17, 15) is 18.9 Å². The maximum atomic E-state index is 12.8. The molecule has 1 unspecified atom stereocenters. The molecule has 30 heavy (non-hydrogen) atoms. The molecule has 0 spiro atoms. The van der Waals surface area contributed by atoms with Crippen molar-refractivity contribution in [2.45, 2.75) is 20.4 Å². The molecule has 0 saturated heterocycles. The van der Waals surface area contributed by atoms with E-state index < -0.39 is 13.2 Å². The highest BCUT2D eigenvalue weighted by Crippen LogP contribution is 2.49. The van der Waals surface area contributed by atoms with Crippen LogP contribution >= 0.6 is 31.1 Å². The minimum absolute atomic E-state index is 0.0247. The van der Waals surface area contributed by atoms with Crippen LogP contribution < -0.4 is 11.3 Å². The summed E-state index contributed by atoms with van der Waals surface area (Å²) >= 11 is 2.00. The van der Waals surface area contributed by atoms with Crippen LogP contribution in [0.15, 0.2) is 11.1 Å². The van der Waals surface area contributed by atoms with Crippen molar-refractivity contribution in [2.24, 2.45) is 0 Å². The highest BCUT2D eigenvalue weighted by Gasteiger charge is 2.26. The summed E-state index contributed by atoms with van der Waals surface area (Å²) < 4.78 is 30.4. The van der Waals surface area contributed by atoms with Crippen LogP contribution in [-0.4, -0.2) is 61.0 Å². The van der Waals surface area contributed by atoms with Gasteiger partial charge >= 0.3 is 7.60 Å². The average Bonchev–Trinajstić information content (AvgIpc) is 3.05. The molecule has 2 rings (SSSR count). The second-order valence-corrected chi connectivity index (χ2v) is 9.92. The Kier molecular flexibility index (Phi) is 9.52. The zero-order valence-corrected chi connectivity index (χ0v) is 18.9. The minimum atomic E-state index is -3.65. The lowest BCUT2D eigenvalue weighted by Crippen LogP contribution is -2.13. The van der Waals surface area contributed by atoms with Gasteiger partial charge in [0.2, 0.25) is 5.95 Å². The molecule has 3 N–H and O–H groups in total. The molecule has 0 aliphatic heterocycles. The number of ketones is 1. The number of anilines is 1. The van der Waals surface area contributed by atoms with Crippen LogP contribution in [-0.2, 0) is 34.5 Å². The molecule has 0 fully saturated rings. The number of hydrogen-bond donors (Lipinski definition) is 2. The molecule has 2 aromatic heterocycles. The zero-order valence-electron chi connectivity index (χ0n) is 16.4. The molecule has 0 amide bonds. The number of ether oxygens (including phenoxy) is 1. The highest BCUT2D eigenvalue weighted by atomic mass is 32.2. The number of thioether (sulfide) groups is 2. The lowest BCUT2D eigenvalue weighted by Gasteiger charge is -2.18. The molecule has 2 aromatic rings. The van der Waals surface area contributed by atoms with E-state index in [1.165, 1.54) is 20.2 Å². The first-order valence-electron chi connectivity index (χ1n) is 8.57. The van der Waals surface area contributed by atoms with Crippen LogP contribution in [0, 0.1) is 0 Å². The molecule has 166 valence electrons. The lowest BCUT2D eigenvalue weighted by molar-refractivity contribution is -0.114. The van der Waals surface area contributed by atoms with Crippen LogP contribution in [0.2, 0.25) is 0 Å².